The van der Waals surface area contributed by atoms with Crippen molar-refractivity contribution in [1.29, 1.82) is 0 Å². The van der Waals surface area contributed by atoms with Crippen LogP contribution >= 0.6 is 12.4 Å². The second-order valence-electron chi connectivity index (χ2n) is 6.78. The van der Waals surface area contributed by atoms with Gasteiger partial charge in [-0.3, -0.25) is 9.59 Å². The number of benzene rings is 1. The van der Waals surface area contributed by atoms with Crippen molar-refractivity contribution in [1.82, 2.24) is 10.6 Å². The molecule has 0 aromatic heterocycles. The summed E-state index contributed by atoms with van der Waals surface area (Å²) in [7, 11) is 0. The molecule has 1 aliphatic heterocycles. The molecule has 1 fully saturated rings. The summed E-state index contributed by atoms with van der Waals surface area (Å²) in [6.07, 6.45) is -0.166. The summed E-state index contributed by atoms with van der Waals surface area (Å²) in [6.45, 7) is 8.94. The number of ether oxygens (including phenoxy) is 1. The fourth-order valence-corrected chi connectivity index (χ4v) is 2.37. The molecule has 2 rings (SSSR count). The van der Waals surface area contributed by atoms with E-state index in [4.69, 9.17) is 4.74 Å². The van der Waals surface area contributed by atoms with E-state index in [1.807, 2.05) is 27.7 Å². The third-order valence-corrected chi connectivity index (χ3v) is 3.50. The molecular formula is C17H26ClN3O3. The highest BCUT2D eigenvalue weighted by Crippen LogP contribution is 2.13. The van der Waals surface area contributed by atoms with E-state index in [9.17, 15) is 9.59 Å². The van der Waals surface area contributed by atoms with E-state index in [1.54, 1.807) is 24.3 Å². The van der Waals surface area contributed by atoms with Crippen molar-refractivity contribution < 1.29 is 14.3 Å². The average Bonchev–Trinajstić information content (AvgIpc) is 2.46. The molecule has 0 spiro atoms. The minimum absolute atomic E-state index is 0. The minimum Gasteiger partial charge on any atom is -0.375 e. The summed E-state index contributed by atoms with van der Waals surface area (Å²) in [5, 5.41) is 8.89. The Balaban J connectivity index is 0.00000288. The monoisotopic (exact) mass is 355 g/mol. The first-order valence-electron chi connectivity index (χ1n) is 7.85. The van der Waals surface area contributed by atoms with Gasteiger partial charge in [0.15, 0.2) is 0 Å². The number of hydrogen-bond donors (Lipinski definition) is 3. The largest absolute Gasteiger partial charge is 0.375 e. The predicted octanol–water partition coefficient (Wildman–Crippen LogP) is 1.95. The number of carbonyl (C=O) groups excluding carboxylic acids is 2. The molecule has 0 bridgehead atoms. The van der Waals surface area contributed by atoms with Gasteiger partial charge in [0.05, 0.1) is 12.7 Å². The normalized spacial score (nSPS) is 20.7. The highest BCUT2D eigenvalue weighted by molar-refractivity contribution is 5.97. The number of amides is 2. The number of hydrogen-bond acceptors (Lipinski definition) is 4. The Bertz CT molecular complexity index is 569. The summed E-state index contributed by atoms with van der Waals surface area (Å²) < 4.78 is 5.47. The summed E-state index contributed by atoms with van der Waals surface area (Å²) >= 11 is 0. The molecule has 1 aliphatic rings. The Kier molecular flexibility index (Phi) is 7.20. The van der Waals surface area contributed by atoms with Gasteiger partial charge in [-0.05, 0) is 52.0 Å². The minimum atomic E-state index is -0.368. The van der Waals surface area contributed by atoms with Gasteiger partial charge >= 0.3 is 0 Å². The number of rotatable bonds is 3. The number of carbonyl (C=O) groups is 2. The van der Waals surface area contributed by atoms with E-state index >= 15 is 0 Å². The number of anilines is 1. The molecule has 134 valence electrons. The molecule has 1 aromatic carbocycles. The molecule has 0 aliphatic carbocycles. The molecule has 24 heavy (non-hydrogen) atoms. The van der Waals surface area contributed by atoms with Crippen molar-refractivity contribution in [3.05, 3.63) is 29.8 Å². The zero-order chi connectivity index (χ0) is 17.0. The van der Waals surface area contributed by atoms with Crippen LogP contribution in [0.5, 0.6) is 0 Å². The molecule has 0 radical (unpaired) electrons. The van der Waals surface area contributed by atoms with Crippen molar-refractivity contribution in [2.45, 2.75) is 45.4 Å². The maximum absolute atomic E-state index is 12.3. The lowest BCUT2D eigenvalue weighted by atomic mass is 10.1. The Labute approximate surface area is 149 Å². The SMILES string of the molecule is C[C@H]1OCCN[C@@H]1C(=O)Nc1ccc(C(=O)NC(C)(C)C)cc1.Cl. The van der Waals surface area contributed by atoms with Gasteiger partial charge in [0.25, 0.3) is 5.91 Å². The van der Waals surface area contributed by atoms with Gasteiger partial charge in [-0.15, -0.1) is 12.4 Å². The van der Waals surface area contributed by atoms with Crippen LogP contribution in [-0.4, -0.2) is 42.7 Å². The fourth-order valence-electron chi connectivity index (χ4n) is 2.37. The first-order valence-corrected chi connectivity index (χ1v) is 7.85. The van der Waals surface area contributed by atoms with Crippen LogP contribution in [0.1, 0.15) is 38.1 Å². The molecule has 2 atom stereocenters. The first kappa shape index (κ1) is 20.4. The maximum atomic E-state index is 12.3. The molecular weight excluding hydrogens is 330 g/mol. The van der Waals surface area contributed by atoms with Crippen molar-refractivity contribution in [2.75, 3.05) is 18.5 Å². The van der Waals surface area contributed by atoms with Gasteiger partial charge in [0, 0.05) is 23.3 Å². The standard InChI is InChI=1S/C17H25N3O3.ClH/c1-11-14(18-9-10-23-11)16(22)19-13-7-5-12(6-8-13)15(21)20-17(2,3)4;/h5-8,11,14,18H,9-10H2,1-4H3,(H,19,22)(H,20,21);1H/t11-,14+;/m1./s1. The van der Waals surface area contributed by atoms with Crippen LogP contribution in [0.15, 0.2) is 24.3 Å². The lowest BCUT2D eigenvalue weighted by Crippen LogP contribution is -2.53. The molecule has 1 aromatic rings. The predicted molar refractivity (Wildman–Crippen MR) is 96.7 cm³/mol. The Morgan fingerprint density at radius 3 is 2.38 bits per heavy atom. The van der Waals surface area contributed by atoms with Gasteiger partial charge in [-0.1, -0.05) is 0 Å². The number of morpholine rings is 1. The lowest BCUT2D eigenvalue weighted by Gasteiger charge is -2.29. The fraction of sp³-hybridized carbons (Fsp3) is 0.529. The number of nitrogens with one attached hydrogen (secondary N) is 3. The highest BCUT2D eigenvalue weighted by atomic mass is 35.5. The molecule has 0 saturated carbocycles. The van der Waals surface area contributed by atoms with Gasteiger partial charge in [-0.2, -0.15) is 0 Å². The van der Waals surface area contributed by atoms with Crippen molar-refractivity contribution in [2.24, 2.45) is 0 Å². The Morgan fingerprint density at radius 1 is 1.21 bits per heavy atom. The van der Waals surface area contributed by atoms with Crippen molar-refractivity contribution >= 4 is 29.9 Å². The van der Waals surface area contributed by atoms with E-state index in [1.165, 1.54) is 0 Å². The maximum Gasteiger partial charge on any atom is 0.251 e. The van der Waals surface area contributed by atoms with Crippen molar-refractivity contribution in [3.8, 4) is 0 Å². The third kappa shape index (κ3) is 5.78. The van der Waals surface area contributed by atoms with Gasteiger partial charge in [-0.25, -0.2) is 0 Å². The topological polar surface area (TPSA) is 79.5 Å². The second-order valence-corrected chi connectivity index (χ2v) is 6.78. The summed E-state index contributed by atoms with van der Waals surface area (Å²) in [5.74, 6) is -0.268. The molecule has 2 amide bonds. The molecule has 1 heterocycles. The zero-order valence-corrected chi connectivity index (χ0v) is 15.3. The molecule has 6 nitrogen and oxygen atoms in total. The van der Waals surface area contributed by atoms with E-state index in [0.29, 0.717) is 24.4 Å². The first-order chi connectivity index (χ1) is 10.8. The zero-order valence-electron chi connectivity index (χ0n) is 14.5. The van der Waals surface area contributed by atoms with Crippen LogP contribution in [0.2, 0.25) is 0 Å². The molecule has 1 saturated heterocycles. The lowest BCUT2D eigenvalue weighted by molar-refractivity contribution is -0.123. The average molecular weight is 356 g/mol. The van der Waals surface area contributed by atoms with Crippen LogP contribution in [-0.2, 0) is 9.53 Å². The van der Waals surface area contributed by atoms with E-state index in [0.717, 1.165) is 0 Å². The van der Waals surface area contributed by atoms with Gasteiger partial charge in [0.1, 0.15) is 6.04 Å². The van der Waals surface area contributed by atoms with Crippen LogP contribution in [0.25, 0.3) is 0 Å². The Morgan fingerprint density at radius 2 is 1.83 bits per heavy atom. The summed E-state index contributed by atoms with van der Waals surface area (Å²) in [5.41, 5.74) is 0.930. The number of halogens is 1. The quantitative estimate of drug-likeness (QED) is 0.774. The molecule has 7 heteroatoms. The summed E-state index contributed by atoms with van der Waals surface area (Å²) in [4.78, 5) is 24.3. The second kappa shape index (κ2) is 8.46. The van der Waals surface area contributed by atoms with Crippen LogP contribution in [0.4, 0.5) is 5.69 Å². The van der Waals surface area contributed by atoms with Crippen LogP contribution in [0, 0.1) is 0 Å². The summed E-state index contributed by atoms with van der Waals surface area (Å²) in [6, 6.07) is 6.48. The van der Waals surface area contributed by atoms with E-state index in [-0.39, 0.29) is 41.9 Å². The van der Waals surface area contributed by atoms with E-state index in [2.05, 4.69) is 16.0 Å². The van der Waals surface area contributed by atoms with Gasteiger partial charge < -0.3 is 20.7 Å². The van der Waals surface area contributed by atoms with Crippen molar-refractivity contribution in [3.63, 3.8) is 0 Å². The smallest absolute Gasteiger partial charge is 0.251 e. The molecule has 0 unspecified atom stereocenters. The Hall–Kier alpha value is -1.63. The van der Waals surface area contributed by atoms with Gasteiger partial charge in [0.2, 0.25) is 5.91 Å². The highest BCUT2D eigenvalue weighted by Gasteiger charge is 2.28. The van der Waals surface area contributed by atoms with Crippen LogP contribution in [0.3, 0.4) is 0 Å². The van der Waals surface area contributed by atoms with Crippen LogP contribution < -0.4 is 16.0 Å². The molecule has 3 N–H and O–H groups in total. The third-order valence-electron chi connectivity index (χ3n) is 3.50. The van der Waals surface area contributed by atoms with E-state index < -0.39 is 0 Å².